The van der Waals surface area contributed by atoms with Gasteiger partial charge in [-0.15, -0.1) is 0 Å². The second-order valence-electron chi connectivity index (χ2n) is 3.87. The zero-order chi connectivity index (χ0) is 11.7. The van der Waals surface area contributed by atoms with Crippen LogP contribution in [0.4, 0.5) is 5.69 Å². The van der Waals surface area contributed by atoms with E-state index in [9.17, 15) is 0 Å². The fourth-order valence-electron chi connectivity index (χ4n) is 1.59. The largest absolute Gasteiger partial charge is 0.397 e. The van der Waals surface area contributed by atoms with Gasteiger partial charge < -0.3 is 5.73 Å². The molecule has 0 unspecified atom stereocenters. The van der Waals surface area contributed by atoms with Crippen LogP contribution in [0.3, 0.4) is 0 Å². The van der Waals surface area contributed by atoms with Crippen molar-refractivity contribution in [2.24, 2.45) is 0 Å². The Hall–Kier alpha value is -1.54. The molecule has 0 atom stereocenters. The van der Waals surface area contributed by atoms with Gasteiger partial charge in [-0.3, -0.25) is 4.98 Å². The summed E-state index contributed by atoms with van der Waals surface area (Å²) in [7, 11) is 0. The lowest BCUT2D eigenvalue weighted by molar-refractivity contribution is 1.29. The number of hydrogen-bond acceptors (Lipinski definition) is 2. The second-order valence-corrected chi connectivity index (χ2v) is 4.27. The van der Waals surface area contributed by atoms with Crippen LogP contribution in [0.1, 0.15) is 11.1 Å². The van der Waals surface area contributed by atoms with E-state index in [0.29, 0.717) is 5.69 Å². The maximum atomic E-state index is 6.10. The molecule has 0 spiro atoms. The van der Waals surface area contributed by atoms with Crippen molar-refractivity contribution in [1.82, 2.24) is 4.98 Å². The zero-order valence-corrected chi connectivity index (χ0v) is 10.0. The van der Waals surface area contributed by atoms with Crippen LogP contribution < -0.4 is 5.73 Å². The van der Waals surface area contributed by atoms with Crippen molar-refractivity contribution < 1.29 is 0 Å². The molecule has 0 aliphatic rings. The molecule has 1 aromatic carbocycles. The first-order valence-electron chi connectivity index (χ1n) is 5.06. The summed E-state index contributed by atoms with van der Waals surface area (Å²) in [6.45, 7) is 3.97. The molecule has 82 valence electrons. The van der Waals surface area contributed by atoms with Gasteiger partial charge >= 0.3 is 0 Å². The molecule has 3 heteroatoms. The van der Waals surface area contributed by atoms with Gasteiger partial charge in [0.1, 0.15) is 0 Å². The molecule has 2 N–H and O–H groups in total. The average Bonchev–Trinajstić information content (AvgIpc) is 2.26. The summed E-state index contributed by atoms with van der Waals surface area (Å²) in [6.07, 6.45) is 3.47. The highest BCUT2D eigenvalue weighted by Gasteiger charge is 2.06. The molecule has 2 nitrogen and oxygen atoms in total. The normalized spacial score (nSPS) is 10.4. The highest BCUT2D eigenvalue weighted by molar-refractivity contribution is 6.31. The molecule has 1 heterocycles. The summed E-state index contributed by atoms with van der Waals surface area (Å²) in [5, 5.41) is 0.763. The summed E-state index contributed by atoms with van der Waals surface area (Å²) in [5.41, 5.74) is 10.7. The molecule has 1 aromatic heterocycles. The van der Waals surface area contributed by atoms with E-state index in [1.54, 1.807) is 6.20 Å². The Morgan fingerprint density at radius 1 is 1.19 bits per heavy atom. The predicted molar refractivity (Wildman–Crippen MR) is 68.6 cm³/mol. The molecule has 0 aliphatic carbocycles. The number of halogens is 1. The van der Waals surface area contributed by atoms with Gasteiger partial charge in [-0.2, -0.15) is 0 Å². The Bertz CT molecular complexity index is 535. The molecule has 0 amide bonds. The van der Waals surface area contributed by atoms with E-state index in [2.05, 4.69) is 4.98 Å². The highest BCUT2D eigenvalue weighted by atomic mass is 35.5. The van der Waals surface area contributed by atoms with Crippen LogP contribution in [-0.4, -0.2) is 4.98 Å². The van der Waals surface area contributed by atoms with Crippen LogP contribution in [0, 0.1) is 13.8 Å². The van der Waals surface area contributed by atoms with Crippen molar-refractivity contribution in [3.05, 3.63) is 46.7 Å². The zero-order valence-electron chi connectivity index (χ0n) is 9.29. The number of hydrogen-bond donors (Lipinski definition) is 1. The molecule has 0 fully saturated rings. The number of aryl methyl sites for hydroxylation is 1. The standard InChI is InChI=1S/C13H13ClN2/c1-8-3-4-10(5-12(8)14)11-6-16-7-13(15)9(11)2/h3-7H,15H2,1-2H3. The number of nitrogens with two attached hydrogens (primary N) is 1. The quantitative estimate of drug-likeness (QED) is 0.816. The monoisotopic (exact) mass is 232 g/mol. The first-order valence-corrected chi connectivity index (χ1v) is 5.44. The summed E-state index contributed by atoms with van der Waals surface area (Å²) < 4.78 is 0. The third-order valence-electron chi connectivity index (χ3n) is 2.74. The fourth-order valence-corrected chi connectivity index (χ4v) is 1.77. The van der Waals surface area contributed by atoms with Gasteiger partial charge in [0, 0.05) is 16.8 Å². The molecule has 0 aliphatic heterocycles. The van der Waals surface area contributed by atoms with E-state index in [-0.39, 0.29) is 0 Å². The molecular weight excluding hydrogens is 220 g/mol. The molecule has 0 radical (unpaired) electrons. The fraction of sp³-hybridized carbons (Fsp3) is 0.154. The second kappa shape index (κ2) is 4.14. The Morgan fingerprint density at radius 2 is 1.94 bits per heavy atom. The van der Waals surface area contributed by atoms with Gasteiger partial charge in [-0.1, -0.05) is 23.7 Å². The third kappa shape index (κ3) is 1.89. The van der Waals surface area contributed by atoms with E-state index < -0.39 is 0 Å². The van der Waals surface area contributed by atoms with E-state index in [1.165, 1.54) is 0 Å². The Kier molecular flexibility index (Phi) is 2.84. The minimum Gasteiger partial charge on any atom is -0.397 e. The molecule has 2 aromatic rings. The minimum absolute atomic E-state index is 0.703. The minimum atomic E-state index is 0.703. The van der Waals surface area contributed by atoms with Crippen molar-refractivity contribution >= 4 is 17.3 Å². The van der Waals surface area contributed by atoms with Crippen molar-refractivity contribution in [1.29, 1.82) is 0 Å². The lowest BCUT2D eigenvalue weighted by atomic mass is 10.0. The van der Waals surface area contributed by atoms with Gasteiger partial charge in [0.2, 0.25) is 0 Å². The van der Waals surface area contributed by atoms with Gasteiger partial charge in [0.25, 0.3) is 0 Å². The van der Waals surface area contributed by atoms with E-state index in [1.807, 2.05) is 38.2 Å². The maximum absolute atomic E-state index is 6.10. The lowest BCUT2D eigenvalue weighted by Crippen LogP contribution is -1.94. The van der Waals surface area contributed by atoms with E-state index >= 15 is 0 Å². The van der Waals surface area contributed by atoms with Gasteiger partial charge in [-0.25, -0.2) is 0 Å². The highest BCUT2D eigenvalue weighted by Crippen LogP contribution is 2.29. The smallest absolute Gasteiger partial charge is 0.0536 e. The van der Waals surface area contributed by atoms with Crippen LogP contribution in [0.2, 0.25) is 5.02 Å². The van der Waals surface area contributed by atoms with E-state index in [0.717, 1.165) is 27.3 Å². The summed E-state index contributed by atoms with van der Waals surface area (Å²) in [6, 6.07) is 5.98. The third-order valence-corrected chi connectivity index (χ3v) is 3.14. The van der Waals surface area contributed by atoms with Crippen LogP contribution in [-0.2, 0) is 0 Å². The van der Waals surface area contributed by atoms with Gasteiger partial charge in [0.15, 0.2) is 0 Å². The van der Waals surface area contributed by atoms with Gasteiger partial charge in [-0.05, 0) is 36.6 Å². The molecule has 0 saturated heterocycles. The lowest BCUT2D eigenvalue weighted by Gasteiger charge is -2.09. The first kappa shape index (κ1) is 11.0. The number of benzene rings is 1. The molecular formula is C13H13ClN2. The number of pyridine rings is 1. The predicted octanol–water partition coefficient (Wildman–Crippen LogP) is 3.60. The molecule has 0 bridgehead atoms. The van der Waals surface area contributed by atoms with Crippen LogP contribution in [0.25, 0.3) is 11.1 Å². The summed E-state index contributed by atoms with van der Waals surface area (Å²) in [4.78, 5) is 4.11. The van der Waals surface area contributed by atoms with Crippen LogP contribution in [0.15, 0.2) is 30.6 Å². The van der Waals surface area contributed by atoms with E-state index in [4.69, 9.17) is 17.3 Å². The Balaban J connectivity index is 2.59. The summed E-state index contributed by atoms with van der Waals surface area (Å²) >= 11 is 6.10. The molecule has 0 saturated carbocycles. The van der Waals surface area contributed by atoms with Crippen LogP contribution >= 0.6 is 11.6 Å². The molecule has 2 rings (SSSR count). The van der Waals surface area contributed by atoms with Crippen molar-refractivity contribution in [2.75, 3.05) is 5.73 Å². The van der Waals surface area contributed by atoms with Crippen molar-refractivity contribution in [3.8, 4) is 11.1 Å². The van der Waals surface area contributed by atoms with Crippen LogP contribution in [0.5, 0.6) is 0 Å². The Morgan fingerprint density at radius 3 is 2.62 bits per heavy atom. The van der Waals surface area contributed by atoms with Crippen molar-refractivity contribution in [2.45, 2.75) is 13.8 Å². The van der Waals surface area contributed by atoms with Crippen molar-refractivity contribution in [3.63, 3.8) is 0 Å². The average molecular weight is 233 g/mol. The summed E-state index contributed by atoms with van der Waals surface area (Å²) in [5.74, 6) is 0. The topological polar surface area (TPSA) is 38.9 Å². The number of anilines is 1. The number of nitrogen functional groups attached to an aromatic ring is 1. The first-order chi connectivity index (χ1) is 7.59. The number of aromatic nitrogens is 1. The van der Waals surface area contributed by atoms with Gasteiger partial charge in [0.05, 0.1) is 11.9 Å². The maximum Gasteiger partial charge on any atom is 0.0536 e. The molecule has 16 heavy (non-hydrogen) atoms. The Labute approximate surface area is 100 Å². The SMILES string of the molecule is Cc1ccc(-c2cncc(N)c2C)cc1Cl. The number of nitrogens with zero attached hydrogens (tertiary/aromatic N) is 1. The number of rotatable bonds is 1.